The molecule has 3 nitrogen and oxygen atoms in total. The van der Waals surface area contributed by atoms with Crippen LogP contribution in [0.5, 0.6) is 5.75 Å². The molecule has 4 unspecified atom stereocenters. The van der Waals surface area contributed by atoms with Crippen LogP contribution in [0.15, 0.2) is 12.1 Å². The lowest BCUT2D eigenvalue weighted by Crippen LogP contribution is -2.46. The fourth-order valence-electron chi connectivity index (χ4n) is 4.30. The predicted octanol–water partition coefficient (Wildman–Crippen LogP) is 3.06. The van der Waals surface area contributed by atoms with E-state index in [9.17, 15) is 5.11 Å². The smallest absolute Gasteiger partial charge is 0.120 e. The van der Waals surface area contributed by atoms with Gasteiger partial charge in [0.1, 0.15) is 5.75 Å². The van der Waals surface area contributed by atoms with Crippen molar-refractivity contribution in [2.24, 2.45) is 5.73 Å². The summed E-state index contributed by atoms with van der Waals surface area (Å²) in [6.07, 6.45) is 3.25. The maximum Gasteiger partial charge on any atom is 0.120 e. The van der Waals surface area contributed by atoms with E-state index in [2.05, 4.69) is 25.7 Å². The minimum absolute atomic E-state index is 0.339. The predicted molar refractivity (Wildman–Crippen MR) is 82.0 cm³/mol. The molecule has 1 aromatic rings. The lowest BCUT2D eigenvalue weighted by molar-refractivity contribution is 0.0925. The Balaban J connectivity index is 1.97. The third-order valence-electron chi connectivity index (χ3n) is 5.25. The van der Waals surface area contributed by atoms with Crippen molar-refractivity contribution < 1.29 is 5.11 Å². The van der Waals surface area contributed by atoms with Crippen molar-refractivity contribution >= 4 is 0 Å². The third-order valence-corrected chi connectivity index (χ3v) is 5.25. The van der Waals surface area contributed by atoms with Crippen LogP contribution in [0, 0.1) is 6.92 Å². The number of likely N-dealkylation sites (tertiary alicyclic amines) is 1. The summed E-state index contributed by atoms with van der Waals surface area (Å²) in [5.41, 5.74) is 9.95. The first-order valence-electron chi connectivity index (χ1n) is 7.82. The molecule has 3 rings (SSSR count). The van der Waals surface area contributed by atoms with Crippen LogP contribution in [0.2, 0.25) is 0 Å². The van der Waals surface area contributed by atoms with E-state index in [1.165, 1.54) is 16.7 Å². The van der Waals surface area contributed by atoms with Crippen LogP contribution in [-0.4, -0.2) is 28.6 Å². The average Bonchev–Trinajstić information content (AvgIpc) is 2.73. The van der Waals surface area contributed by atoms with Crippen LogP contribution in [0.1, 0.15) is 61.8 Å². The Kier molecular flexibility index (Phi) is 3.51. The van der Waals surface area contributed by atoms with Gasteiger partial charge in [-0.1, -0.05) is 13.0 Å². The van der Waals surface area contributed by atoms with Crippen molar-refractivity contribution in [3.8, 4) is 5.75 Å². The molecule has 0 spiro atoms. The Morgan fingerprint density at radius 2 is 1.95 bits per heavy atom. The molecular weight excluding hydrogens is 248 g/mol. The first-order valence-corrected chi connectivity index (χ1v) is 7.82. The van der Waals surface area contributed by atoms with Gasteiger partial charge in [-0.05, 0) is 56.2 Å². The van der Waals surface area contributed by atoms with Gasteiger partial charge in [0, 0.05) is 30.2 Å². The normalized spacial score (nSPS) is 34.2. The number of benzene rings is 1. The number of fused-ring (bicyclic) bond motifs is 1. The molecule has 1 aliphatic carbocycles. The van der Waals surface area contributed by atoms with Gasteiger partial charge < -0.3 is 10.8 Å². The molecule has 4 atom stereocenters. The molecule has 3 heteroatoms. The minimum atomic E-state index is 0.339. The maximum absolute atomic E-state index is 10.4. The second kappa shape index (κ2) is 5.05. The van der Waals surface area contributed by atoms with Crippen molar-refractivity contribution in [3.63, 3.8) is 0 Å². The number of phenols is 1. The number of hydrogen-bond acceptors (Lipinski definition) is 3. The van der Waals surface area contributed by atoms with Gasteiger partial charge in [-0.15, -0.1) is 0 Å². The first-order chi connectivity index (χ1) is 9.49. The van der Waals surface area contributed by atoms with E-state index in [0.717, 1.165) is 25.8 Å². The standard InChI is InChI=1S/C17H26N2O/c1-10-4-5-15(20)17-14(8-11(2)16(10)17)19-7-6-13(18)9-12(19)3/h4-5,11-14,20H,6-9,18H2,1-3H3. The van der Waals surface area contributed by atoms with E-state index in [4.69, 9.17) is 5.73 Å². The summed E-state index contributed by atoms with van der Waals surface area (Å²) in [4.78, 5) is 2.56. The summed E-state index contributed by atoms with van der Waals surface area (Å²) in [5, 5.41) is 10.4. The molecule has 3 N–H and O–H groups in total. The Labute approximate surface area is 121 Å². The van der Waals surface area contributed by atoms with Crippen LogP contribution < -0.4 is 5.73 Å². The molecular formula is C17H26N2O. The van der Waals surface area contributed by atoms with E-state index in [-0.39, 0.29) is 0 Å². The highest BCUT2D eigenvalue weighted by Gasteiger charge is 2.38. The second-order valence-corrected chi connectivity index (χ2v) is 6.75. The Morgan fingerprint density at radius 3 is 2.65 bits per heavy atom. The van der Waals surface area contributed by atoms with E-state index < -0.39 is 0 Å². The van der Waals surface area contributed by atoms with Gasteiger partial charge in [0.2, 0.25) is 0 Å². The van der Waals surface area contributed by atoms with E-state index in [1.54, 1.807) is 0 Å². The lowest BCUT2D eigenvalue weighted by atomic mass is 9.94. The van der Waals surface area contributed by atoms with E-state index >= 15 is 0 Å². The highest BCUT2D eigenvalue weighted by atomic mass is 16.3. The zero-order valence-corrected chi connectivity index (χ0v) is 12.8. The summed E-state index contributed by atoms with van der Waals surface area (Å²) < 4.78 is 0. The Hall–Kier alpha value is -1.06. The number of nitrogens with zero attached hydrogens (tertiary/aromatic N) is 1. The van der Waals surface area contributed by atoms with Gasteiger partial charge in [0.25, 0.3) is 0 Å². The maximum atomic E-state index is 10.4. The molecule has 2 aliphatic rings. The Morgan fingerprint density at radius 1 is 1.20 bits per heavy atom. The number of piperidine rings is 1. The van der Waals surface area contributed by atoms with Gasteiger partial charge in [0.05, 0.1) is 0 Å². The van der Waals surface area contributed by atoms with Crippen LogP contribution in [-0.2, 0) is 0 Å². The summed E-state index contributed by atoms with van der Waals surface area (Å²) in [5.74, 6) is 1.01. The fourth-order valence-corrected chi connectivity index (χ4v) is 4.30. The third kappa shape index (κ3) is 2.13. The van der Waals surface area contributed by atoms with E-state index in [0.29, 0.717) is 29.8 Å². The number of hydrogen-bond donors (Lipinski definition) is 2. The number of aryl methyl sites for hydroxylation is 1. The lowest BCUT2D eigenvalue weighted by Gasteiger charge is -2.40. The molecule has 1 heterocycles. The van der Waals surface area contributed by atoms with Crippen molar-refractivity contribution in [2.45, 2.75) is 64.1 Å². The summed E-state index contributed by atoms with van der Waals surface area (Å²) in [6, 6.07) is 5.11. The first kappa shape index (κ1) is 13.9. The summed E-state index contributed by atoms with van der Waals surface area (Å²) in [6.45, 7) is 7.76. The molecule has 0 amide bonds. The molecule has 110 valence electrons. The van der Waals surface area contributed by atoms with Crippen molar-refractivity contribution in [1.82, 2.24) is 4.90 Å². The zero-order chi connectivity index (χ0) is 14.4. The number of aromatic hydroxyl groups is 1. The second-order valence-electron chi connectivity index (χ2n) is 6.75. The van der Waals surface area contributed by atoms with Crippen molar-refractivity contribution in [2.75, 3.05) is 6.54 Å². The topological polar surface area (TPSA) is 49.5 Å². The van der Waals surface area contributed by atoms with E-state index in [1.807, 2.05) is 12.1 Å². The highest BCUT2D eigenvalue weighted by Crippen LogP contribution is 2.49. The molecule has 1 fully saturated rings. The number of rotatable bonds is 1. The highest BCUT2D eigenvalue weighted by molar-refractivity contribution is 5.51. The monoisotopic (exact) mass is 274 g/mol. The van der Waals surface area contributed by atoms with Crippen molar-refractivity contribution in [3.05, 3.63) is 28.8 Å². The van der Waals surface area contributed by atoms with Gasteiger partial charge in [-0.2, -0.15) is 0 Å². The summed E-state index contributed by atoms with van der Waals surface area (Å²) in [7, 11) is 0. The molecule has 0 saturated carbocycles. The number of phenolic OH excluding ortho intramolecular Hbond substituents is 1. The minimum Gasteiger partial charge on any atom is -0.508 e. The quantitative estimate of drug-likeness (QED) is 0.827. The van der Waals surface area contributed by atoms with Crippen LogP contribution in [0.4, 0.5) is 0 Å². The van der Waals surface area contributed by atoms with Gasteiger partial charge >= 0.3 is 0 Å². The molecule has 0 aromatic heterocycles. The van der Waals surface area contributed by atoms with Crippen LogP contribution in [0.25, 0.3) is 0 Å². The fraction of sp³-hybridized carbons (Fsp3) is 0.647. The Bertz CT molecular complexity index is 514. The molecule has 1 aliphatic heterocycles. The molecule has 1 aromatic carbocycles. The SMILES string of the molecule is Cc1ccc(O)c2c1C(C)CC2N1CCC(N)CC1C. The molecule has 0 radical (unpaired) electrons. The average molecular weight is 274 g/mol. The number of nitrogens with two attached hydrogens (primary N) is 1. The van der Waals surface area contributed by atoms with Gasteiger partial charge in [-0.3, -0.25) is 4.90 Å². The largest absolute Gasteiger partial charge is 0.508 e. The van der Waals surface area contributed by atoms with Crippen molar-refractivity contribution in [1.29, 1.82) is 0 Å². The van der Waals surface area contributed by atoms with Gasteiger partial charge in [0.15, 0.2) is 0 Å². The summed E-state index contributed by atoms with van der Waals surface area (Å²) >= 11 is 0. The molecule has 0 bridgehead atoms. The molecule has 20 heavy (non-hydrogen) atoms. The zero-order valence-electron chi connectivity index (χ0n) is 12.8. The van der Waals surface area contributed by atoms with Crippen LogP contribution in [0.3, 0.4) is 0 Å². The van der Waals surface area contributed by atoms with Crippen LogP contribution >= 0.6 is 0 Å². The van der Waals surface area contributed by atoms with Gasteiger partial charge in [-0.25, -0.2) is 0 Å². The molecule has 1 saturated heterocycles.